The van der Waals surface area contributed by atoms with Gasteiger partial charge in [-0.3, -0.25) is 14.0 Å². The number of nitrogens with zero attached hydrogens (tertiary/aromatic N) is 3. The van der Waals surface area contributed by atoms with Gasteiger partial charge in [-0.05, 0) is 74.1 Å². The number of benzene rings is 1. The summed E-state index contributed by atoms with van der Waals surface area (Å²) in [6.45, 7) is 2.07. The molecule has 208 valence electrons. The summed E-state index contributed by atoms with van der Waals surface area (Å²) in [5.41, 5.74) is 1.82. The molecule has 1 fully saturated rings. The molecular formula is C29H28Cl2N4O3S2. The highest BCUT2D eigenvalue weighted by Gasteiger charge is 2.26. The second-order valence-corrected chi connectivity index (χ2v) is 12.2. The van der Waals surface area contributed by atoms with Gasteiger partial charge in [-0.25, -0.2) is 4.98 Å². The van der Waals surface area contributed by atoms with Gasteiger partial charge in [-0.1, -0.05) is 53.3 Å². The van der Waals surface area contributed by atoms with E-state index in [1.165, 1.54) is 23.5 Å². The Morgan fingerprint density at radius 2 is 1.93 bits per heavy atom. The Bertz CT molecular complexity index is 1560. The molecule has 1 N–H and O–H groups in total. The Morgan fingerprint density at radius 1 is 1.10 bits per heavy atom. The molecule has 2 aliphatic heterocycles. The minimum Gasteiger partial charge on any atom is -0.444 e. The fraction of sp³-hybridized carbons (Fsp3) is 0.276. The first-order valence-electron chi connectivity index (χ1n) is 13.0. The van der Waals surface area contributed by atoms with Crippen LogP contribution in [0.15, 0.2) is 85.1 Å². The Balaban J connectivity index is 0.00000323. The molecule has 11 heteroatoms. The van der Waals surface area contributed by atoms with Gasteiger partial charge in [0.25, 0.3) is 11.8 Å². The van der Waals surface area contributed by atoms with E-state index < -0.39 is 0 Å². The number of carbonyl (C=O) groups excluding carboxylic acids is 2. The van der Waals surface area contributed by atoms with Crippen molar-refractivity contribution in [2.45, 2.75) is 40.7 Å². The van der Waals surface area contributed by atoms with E-state index >= 15 is 0 Å². The largest absolute Gasteiger partial charge is 0.444 e. The van der Waals surface area contributed by atoms with E-state index in [4.69, 9.17) is 16.0 Å². The van der Waals surface area contributed by atoms with Gasteiger partial charge in [0.1, 0.15) is 5.65 Å². The predicted molar refractivity (Wildman–Crippen MR) is 161 cm³/mol. The fourth-order valence-corrected chi connectivity index (χ4v) is 7.04. The normalized spacial score (nSPS) is 15.0. The summed E-state index contributed by atoms with van der Waals surface area (Å²) >= 11 is 9.12. The van der Waals surface area contributed by atoms with Crippen LogP contribution >= 0.6 is 47.5 Å². The minimum atomic E-state index is -0.0676. The van der Waals surface area contributed by atoms with Crippen LogP contribution in [0.2, 0.25) is 5.02 Å². The van der Waals surface area contributed by atoms with E-state index in [9.17, 15) is 9.59 Å². The Kier molecular flexibility index (Phi) is 9.15. The summed E-state index contributed by atoms with van der Waals surface area (Å²) < 4.78 is 7.89. The molecule has 0 aliphatic carbocycles. The van der Waals surface area contributed by atoms with Gasteiger partial charge in [-0.15, -0.1) is 12.4 Å². The SMILES string of the molecule is Cl.O=C(NCCCC1CCN(C(=O)c2ccc(Sc3ccccc3Cl)o2)CC1)C1=Cc2cnc3cccc(n23)S1. The van der Waals surface area contributed by atoms with E-state index in [2.05, 4.69) is 14.7 Å². The number of furan rings is 1. The number of aromatic nitrogens is 2. The lowest BCUT2D eigenvalue weighted by molar-refractivity contribution is -0.116. The number of amides is 2. The van der Waals surface area contributed by atoms with Crippen molar-refractivity contribution in [3.8, 4) is 0 Å². The molecular weight excluding hydrogens is 587 g/mol. The molecule has 2 aliphatic rings. The molecule has 1 aromatic carbocycles. The van der Waals surface area contributed by atoms with Gasteiger partial charge < -0.3 is 14.6 Å². The van der Waals surface area contributed by atoms with Crippen LogP contribution in [0, 0.1) is 5.92 Å². The van der Waals surface area contributed by atoms with Crippen LogP contribution in [0.4, 0.5) is 0 Å². The van der Waals surface area contributed by atoms with Crippen molar-refractivity contribution >= 4 is 71.1 Å². The zero-order chi connectivity index (χ0) is 26.8. The summed E-state index contributed by atoms with van der Waals surface area (Å²) in [5.74, 6) is 0.793. The smallest absolute Gasteiger partial charge is 0.289 e. The number of rotatable bonds is 8. The molecule has 0 bridgehead atoms. The highest BCUT2D eigenvalue weighted by molar-refractivity contribution is 8.04. The van der Waals surface area contributed by atoms with Crippen molar-refractivity contribution in [1.29, 1.82) is 0 Å². The molecule has 3 aromatic heterocycles. The van der Waals surface area contributed by atoms with Crippen LogP contribution in [0.3, 0.4) is 0 Å². The summed E-state index contributed by atoms with van der Waals surface area (Å²) in [7, 11) is 0. The minimum absolute atomic E-state index is 0. The first-order chi connectivity index (χ1) is 19.0. The van der Waals surface area contributed by atoms with Gasteiger partial charge in [0.15, 0.2) is 10.9 Å². The summed E-state index contributed by atoms with van der Waals surface area (Å²) in [4.78, 5) is 33.6. The molecule has 40 heavy (non-hydrogen) atoms. The highest BCUT2D eigenvalue weighted by atomic mass is 35.5. The van der Waals surface area contributed by atoms with Crippen molar-refractivity contribution in [1.82, 2.24) is 19.6 Å². The summed E-state index contributed by atoms with van der Waals surface area (Å²) in [5, 5.41) is 5.38. The number of imidazole rings is 1. The molecule has 0 atom stereocenters. The lowest BCUT2D eigenvalue weighted by atomic mass is 9.92. The third kappa shape index (κ3) is 6.22. The van der Waals surface area contributed by atoms with E-state index in [1.54, 1.807) is 12.3 Å². The summed E-state index contributed by atoms with van der Waals surface area (Å²) in [6, 6.07) is 17.1. The highest BCUT2D eigenvalue weighted by Crippen LogP contribution is 2.35. The molecule has 5 heterocycles. The zero-order valence-corrected chi connectivity index (χ0v) is 24.8. The Hall–Kier alpha value is -2.85. The third-order valence-electron chi connectivity index (χ3n) is 7.05. The lowest BCUT2D eigenvalue weighted by Crippen LogP contribution is -2.38. The first-order valence-corrected chi connectivity index (χ1v) is 15.0. The maximum absolute atomic E-state index is 13.0. The zero-order valence-electron chi connectivity index (χ0n) is 21.5. The molecule has 0 saturated carbocycles. The van der Waals surface area contributed by atoms with E-state index in [-0.39, 0.29) is 24.2 Å². The van der Waals surface area contributed by atoms with E-state index in [1.807, 2.05) is 59.5 Å². The number of halogens is 2. The molecule has 7 nitrogen and oxygen atoms in total. The molecule has 0 radical (unpaired) electrons. The molecule has 1 saturated heterocycles. The van der Waals surface area contributed by atoms with Crippen molar-refractivity contribution in [2.75, 3.05) is 19.6 Å². The standard InChI is InChI=1S/C29H27ClN4O3S2.ClH/c30-21-6-1-2-7-23(21)39-27-11-10-22(37-27)29(36)33-15-12-19(13-16-33)5-4-14-31-28(35)24-17-20-18-32-25-8-3-9-26(38-24)34(20)25;/h1-3,6-11,17-19H,4-5,12-16H2,(H,31,35);1H. The van der Waals surface area contributed by atoms with Gasteiger partial charge in [0.2, 0.25) is 0 Å². The second kappa shape index (κ2) is 12.8. The topological polar surface area (TPSA) is 79.8 Å². The van der Waals surface area contributed by atoms with Gasteiger partial charge in [-0.2, -0.15) is 0 Å². The van der Waals surface area contributed by atoms with Crippen molar-refractivity contribution in [3.63, 3.8) is 0 Å². The van der Waals surface area contributed by atoms with Crippen molar-refractivity contribution < 1.29 is 14.0 Å². The monoisotopic (exact) mass is 614 g/mol. The average Bonchev–Trinajstić information content (AvgIpc) is 3.60. The fourth-order valence-electron chi connectivity index (χ4n) is 4.98. The van der Waals surface area contributed by atoms with Crippen LogP contribution < -0.4 is 5.32 Å². The molecule has 6 rings (SSSR count). The maximum atomic E-state index is 13.0. The van der Waals surface area contributed by atoms with Gasteiger partial charge >= 0.3 is 0 Å². The number of pyridine rings is 1. The molecule has 2 amide bonds. The predicted octanol–water partition coefficient (Wildman–Crippen LogP) is 7.05. The van der Waals surface area contributed by atoms with Crippen LogP contribution in [-0.4, -0.2) is 45.7 Å². The molecule has 0 unspecified atom stereocenters. The number of hydrogen-bond donors (Lipinski definition) is 1. The lowest BCUT2D eigenvalue weighted by Gasteiger charge is -2.31. The number of piperidine rings is 1. The van der Waals surface area contributed by atoms with Crippen LogP contribution in [-0.2, 0) is 4.79 Å². The van der Waals surface area contributed by atoms with Crippen LogP contribution in [0.1, 0.15) is 41.9 Å². The second-order valence-electron chi connectivity index (χ2n) is 9.64. The molecule has 0 spiro atoms. The summed E-state index contributed by atoms with van der Waals surface area (Å²) in [6.07, 6.45) is 7.55. The maximum Gasteiger partial charge on any atom is 0.289 e. The van der Waals surface area contributed by atoms with Crippen molar-refractivity contribution in [3.05, 3.63) is 82.2 Å². The molecule has 4 aromatic rings. The number of thioether (sulfide) groups is 1. The van der Waals surface area contributed by atoms with E-state index in [0.29, 0.717) is 46.3 Å². The quantitative estimate of drug-likeness (QED) is 0.214. The Labute approximate surface area is 252 Å². The van der Waals surface area contributed by atoms with Gasteiger partial charge in [0.05, 0.1) is 26.8 Å². The third-order valence-corrected chi connectivity index (χ3v) is 9.54. The number of nitrogens with one attached hydrogen (secondary N) is 1. The number of carbonyl (C=O) groups is 2. The van der Waals surface area contributed by atoms with Crippen molar-refractivity contribution in [2.24, 2.45) is 5.92 Å². The average molecular weight is 616 g/mol. The van der Waals surface area contributed by atoms with Gasteiger partial charge in [0, 0.05) is 24.5 Å². The van der Waals surface area contributed by atoms with Crippen LogP contribution in [0.25, 0.3) is 11.7 Å². The first kappa shape index (κ1) is 28.7. The Morgan fingerprint density at radius 3 is 2.75 bits per heavy atom. The number of likely N-dealkylation sites (tertiary alicyclic amines) is 1. The number of hydrogen-bond acceptors (Lipinski definition) is 6. The van der Waals surface area contributed by atoms with Crippen LogP contribution in [0.5, 0.6) is 0 Å². The van der Waals surface area contributed by atoms with E-state index in [0.717, 1.165) is 46.9 Å².